The number of carbonyl (C=O) groups is 1. The topological polar surface area (TPSA) is 80.2 Å². The van der Waals surface area contributed by atoms with Gasteiger partial charge >= 0.3 is 0 Å². The number of carbonyl (C=O) groups excluding carboxylic acids is 1. The number of nitrogens with zero attached hydrogens (tertiary/aromatic N) is 1. The van der Waals surface area contributed by atoms with Gasteiger partial charge in [-0.2, -0.15) is 5.10 Å². The highest BCUT2D eigenvalue weighted by molar-refractivity contribution is 5.83. The summed E-state index contributed by atoms with van der Waals surface area (Å²) in [6.07, 6.45) is 1.46. The minimum atomic E-state index is -0.369. The molecular weight excluding hydrogens is 332 g/mol. The zero-order chi connectivity index (χ0) is 19.2. The number of methoxy groups -OCH3 is 1. The van der Waals surface area contributed by atoms with E-state index in [-0.39, 0.29) is 23.7 Å². The molecule has 26 heavy (non-hydrogen) atoms. The highest BCUT2D eigenvalue weighted by Crippen LogP contribution is 2.25. The summed E-state index contributed by atoms with van der Waals surface area (Å²) in [6, 6.07) is 12.4. The van der Waals surface area contributed by atoms with Crippen LogP contribution in [0.3, 0.4) is 0 Å². The SMILES string of the molecule is COc1cc(/C=N/NC(=O)COc2ccc(C(C)(C)C)cc2)ccc1O. The van der Waals surface area contributed by atoms with Crippen molar-refractivity contribution in [1.29, 1.82) is 0 Å². The molecule has 0 unspecified atom stereocenters. The van der Waals surface area contributed by atoms with Crippen LogP contribution in [0.5, 0.6) is 17.2 Å². The van der Waals surface area contributed by atoms with Crippen LogP contribution in [0.25, 0.3) is 0 Å². The number of phenolic OH excluding ortho intramolecular Hbond substituents is 1. The monoisotopic (exact) mass is 356 g/mol. The maximum absolute atomic E-state index is 11.8. The van der Waals surface area contributed by atoms with Crippen molar-refractivity contribution in [1.82, 2.24) is 5.43 Å². The number of rotatable bonds is 6. The molecule has 0 bridgehead atoms. The van der Waals surface area contributed by atoms with Crippen LogP contribution in [-0.4, -0.2) is 30.9 Å². The highest BCUT2D eigenvalue weighted by atomic mass is 16.5. The van der Waals surface area contributed by atoms with Crippen molar-refractivity contribution in [3.8, 4) is 17.2 Å². The highest BCUT2D eigenvalue weighted by Gasteiger charge is 2.13. The van der Waals surface area contributed by atoms with Crippen molar-refractivity contribution in [2.24, 2.45) is 5.10 Å². The zero-order valence-electron chi connectivity index (χ0n) is 15.4. The first-order chi connectivity index (χ1) is 12.3. The molecule has 6 nitrogen and oxygen atoms in total. The second kappa shape index (κ2) is 8.38. The molecule has 0 aliphatic rings. The predicted molar refractivity (Wildman–Crippen MR) is 101 cm³/mol. The molecule has 0 saturated carbocycles. The summed E-state index contributed by atoms with van der Waals surface area (Å²) in [5.74, 6) is 0.633. The fraction of sp³-hybridized carbons (Fsp3) is 0.300. The normalized spacial score (nSPS) is 11.4. The van der Waals surface area contributed by atoms with E-state index >= 15 is 0 Å². The number of amides is 1. The molecule has 0 radical (unpaired) electrons. The molecule has 2 aromatic carbocycles. The minimum Gasteiger partial charge on any atom is -0.504 e. The summed E-state index contributed by atoms with van der Waals surface area (Å²) in [6.45, 7) is 6.28. The van der Waals surface area contributed by atoms with Gasteiger partial charge in [-0.15, -0.1) is 0 Å². The van der Waals surface area contributed by atoms with Crippen molar-refractivity contribution in [2.45, 2.75) is 26.2 Å². The maximum Gasteiger partial charge on any atom is 0.277 e. The first-order valence-corrected chi connectivity index (χ1v) is 8.22. The van der Waals surface area contributed by atoms with E-state index in [9.17, 15) is 9.90 Å². The van der Waals surface area contributed by atoms with Crippen molar-refractivity contribution in [2.75, 3.05) is 13.7 Å². The molecule has 0 fully saturated rings. The van der Waals surface area contributed by atoms with Gasteiger partial charge in [-0.05, 0) is 46.9 Å². The predicted octanol–water partition coefficient (Wildman–Crippen LogP) is 3.23. The third kappa shape index (κ3) is 5.51. The van der Waals surface area contributed by atoms with Crippen LogP contribution < -0.4 is 14.9 Å². The molecule has 0 aliphatic carbocycles. The number of nitrogens with one attached hydrogen (secondary N) is 1. The van der Waals surface area contributed by atoms with E-state index in [1.165, 1.54) is 25.0 Å². The van der Waals surface area contributed by atoms with Gasteiger partial charge in [0.1, 0.15) is 5.75 Å². The zero-order valence-corrected chi connectivity index (χ0v) is 15.4. The largest absolute Gasteiger partial charge is 0.504 e. The lowest BCUT2D eigenvalue weighted by molar-refractivity contribution is -0.123. The molecule has 0 aliphatic heterocycles. The lowest BCUT2D eigenvalue weighted by Gasteiger charge is -2.19. The van der Waals surface area contributed by atoms with E-state index in [2.05, 4.69) is 31.3 Å². The summed E-state index contributed by atoms with van der Waals surface area (Å²) >= 11 is 0. The lowest BCUT2D eigenvalue weighted by Crippen LogP contribution is -2.24. The minimum absolute atomic E-state index is 0.0413. The molecular formula is C20H24N2O4. The van der Waals surface area contributed by atoms with E-state index < -0.39 is 0 Å². The third-order valence-corrected chi connectivity index (χ3v) is 3.70. The van der Waals surface area contributed by atoms with Gasteiger partial charge in [0, 0.05) is 0 Å². The fourth-order valence-electron chi connectivity index (χ4n) is 2.19. The Hall–Kier alpha value is -3.02. The maximum atomic E-state index is 11.8. The number of hydrazone groups is 1. The van der Waals surface area contributed by atoms with Crippen LogP contribution in [0.15, 0.2) is 47.6 Å². The third-order valence-electron chi connectivity index (χ3n) is 3.70. The number of aromatic hydroxyl groups is 1. The molecule has 0 heterocycles. The molecule has 0 atom stereocenters. The van der Waals surface area contributed by atoms with E-state index in [1.54, 1.807) is 12.1 Å². The number of hydrogen-bond donors (Lipinski definition) is 2. The number of phenols is 1. The van der Waals surface area contributed by atoms with Gasteiger partial charge in [-0.25, -0.2) is 5.43 Å². The van der Waals surface area contributed by atoms with E-state index in [4.69, 9.17) is 9.47 Å². The molecule has 0 spiro atoms. The van der Waals surface area contributed by atoms with Gasteiger partial charge in [0.2, 0.25) is 0 Å². The Bertz CT molecular complexity index is 777. The van der Waals surface area contributed by atoms with Crippen LogP contribution in [0.4, 0.5) is 0 Å². The molecule has 2 N–H and O–H groups in total. The molecule has 0 saturated heterocycles. The Morgan fingerprint density at radius 2 is 1.88 bits per heavy atom. The second-order valence-corrected chi connectivity index (χ2v) is 6.79. The van der Waals surface area contributed by atoms with Gasteiger partial charge in [-0.3, -0.25) is 4.79 Å². The van der Waals surface area contributed by atoms with Crippen LogP contribution in [0, 0.1) is 0 Å². The Morgan fingerprint density at radius 1 is 1.19 bits per heavy atom. The summed E-state index contributed by atoms with van der Waals surface area (Å²) in [5, 5.41) is 13.4. The van der Waals surface area contributed by atoms with E-state index in [0.29, 0.717) is 17.1 Å². The standard InChI is InChI=1S/C20H24N2O4/c1-20(2,3)15-6-8-16(9-7-15)26-13-19(24)22-21-12-14-5-10-17(23)18(11-14)25-4/h5-12,23H,13H2,1-4H3,(H,22,24)/b21-12+. The molecule has 2 aromatic rings. The van der Waals surface area contributed by atoms with Crippen molar-refractivity contribution < 1.29 is 19.4 Å². The summed E-state index contributed by atoms with van der Waals surface area (Å²) < 4.78 is 10.5. The van der Waals surface area contributed by atoms with Crippen LogP contribution in [0.2, 0.25) is 0 Å². The Morgan fingerprint density at radius 3 is 2.50 bits per heavy atom. The van der Waals surface area contributed by atoms with Gasteiger partial charge in [0.05, 0.1) is 13.3 Å². The number of benzene rings is 2. The van der Waals surface area contributed by atoms with Gasteiger partial charge in [0.25, 0.3) is 5.91 Å². The summed E-state index contributed by atoms with van der Waals surface area (Å²) in [7, 11) is 1.46. The smallest absolute Gasteiger partial charge is 0.277 e. The average Bonchev–Trinajstić information content (AvgIpc) is 2.61. The Kier molecular flexibility index (Phi) is 6.22. The average molecular weight is 356 g/mol. The first-order valence-electron chi connectivity index (χ1n) is 8.22. The lowest BCUT2D eigenvalue weighted by atomic mass is 9.87. The fourth-order valence-corrected chi connectivity index (χ4v) is 2.19. The Labute approximate surface area is 153 Å². The van der Waals surface area contributed by atoms with Gasteiger partial charge in [0.15, 0.2) is 18.1 Å². The first kappa shape index (κ1) is 19.3. The van der Waals surface area contributed by atoms with E-state index in [1.807, 2.05) is 24.3 Å². The van der Waals surface area contributed by atoms with Crippen LogP contribution >= 0.6 is 0 Å². The summed E-state index contributed by atoms with van der Waals surface area (Å²) in [5.41, 5.74) is 4.34. The molecule has 1 amide bonds. The van der Waals surface area contributed by atoms with Crippen molar-refractivity contribution in [3.63, 3.8) is 0 Å². The van der Waals surface area contributed by atoms with Gasteiger partial charge in [-0.1, -0.05) is 32.9 Å². The number of ether oxygens (including phenoxy) is 2. The molecule has 0 aromatic heterocycles. The van der Waals surface area contributed by atoms with Crippen molar-refractivity contribution in [3.05, 3.63) is 53.6 Å². The quantitative estimate of drug-likeness (QED) is 0.615. The van der Waals surface area contributed by atoms with E-state index in [0.717, 1.165) is 0 Å². The molecule has 138 valence electrons. The summed E-state index contributed by atoms with van der Waals surface area (Å²) in [4.78, 5) is 11.8. The Balaban J connectivity index is 1.83. The molecule has 6 heteroatoms. The second-order valence-electron chi connectivity index (χ2n) is 6.79. The van der Waals surface area contributed by atoms with Crippen molar-refractivity contribution >= 4 is 12.1 Å². The van der Waals surface area contributed by atoms with Gasteiger partial charge < -0.3 is 14.6 Å². The molecule has 2 rings (SSSR count). The van der Waals surface area contributed by atoms with Crippen LogP contribution in [0.1, 0.15) is 31.9 Å². The van der Waals surface area contributed by atoms with Crippen LogP contribution in [-0.2, 0) is 10.2 Å². The number of hydrogen-bond acceptors (Lipinski definition) is 5.